The molecule has 0 amide bonds. The van der Waals surface area contributed by atoms with E-state index in [-0.39, 0.29) is 0 Å². The van der Waals surface area contributed by atoms with Crippen LogP contribution in [0.2, 0.25) is 0 Å². The smallest absolute Gasteiger partial charge is 0.147 e. The SMILES string of the molecule is O=P(Cc1ccccc1)(c1ccccc1)c1ccc(-c2ccc(-c3nc4ccccc4c4sc5ccccc5c34)cc2)cc1. The van der Waals surface area contributed by atoms with Crippen molar-refractivity contribution < 1.29 is 4.57 Å². The number of aromatic nitrogens is 1. The fourth-order valence-corrected chi connectivity index (χ4v) is 10.1. The Morgan fingerprint density at radius 1 is 0.523 bits per heavy atom. The van der Waals surface area contributed by atoms with Crippen LogP contribution in [0.5, 0.6) is 0 Å². The van der Waals surface area contributed by atoms with Gasteiger partial charge in [0.05, 0.1) is 11.2 Å². The zero-order chi connectivity index (χ0) is 29.5. The van der Waals surface area contributed by atoms with E-state index in [4.69, 9.17) is 4.98 Å². The summed E-state index contributed by atoms with van der Waals surface area (Å²) in [5.74, 6) is 0. The molecule has 0 aliphatic heterocycles. The van der Waals surface area contributed by atoms with Gasteiger partial charge in [-0.3, -0.25) is 0 Å². The topological polar surface area (TPSA) is 30.0 Å². The van der Waals surface area contributed by atoms with E-state index in [1.165, 1.54) is 25.6 Å². The number of pyridine rings is 1. The first kappa shape index (κ1) is 26.8. The summed E-state index contributed by atoms with van der Waals surface area (Å²) in [5.41, 5.74) is 6.42. The lowest BCUT2D eigenvalue weighted by molar-refractivity contribution is 0.586. The van der Waals surface area contributed by atoms with Crippen LogP contribution in [-0.4, -0.2) is 4.98 Å². The van der Waals surface area contributed by atoms with E-state index in [0.717, 1.165) is 44.1 Å². The minimum atomic E-state index is -2.87. The molecule has 2 nitrogen and oxygen atoms in total. The Bertz CT molecular complexity index is 2310. The molecule has 0 fully saturated rings. The van der Waals surface area contributed by atoms with Crippen molar-refractivity contribution in [2.75, 3.05) is 0 Å². The molecule has 44 heavy (non-hydrogen) atoms. The number of para-hydroxylation sites is 1. The van der Waals surface area contributed by atoms with Crippen molar-refractivity contribution in [1.29, 1.82) is 0 Å². The molecule has 4 heteroatoms. The summed E-state index contributed by atoms with van der Waals surface area (Å²) in [7, 11) is -2.87. The van der Waals surface area contributed by atoms with Crippen LogP contribution in [0, 0.1) is 0 Å². The molecule has 0 spiro atoms. The number of hydrogen-bond donors (Lipinski definition) is 0. The maximum absolute atomic E-state index is 14.7. The number of fused-ring (bicyclic) bond motifs is 5. The summed E-state index contributed by atoms with van der Waals surface area (Å²) < 4.78 is 17.3. The monoisotopic (exact) mass is 601 g/mol. The molecule has 0 saturated carbocycles. The first-order valence-corrected chi connectivity index (χ1v) is 17.5. The van der Waals surface area contributed by atoms with E-state index < -0.39 is 7.14 Å². The summed E-state index contributed by atoms with van der Waals surface area (Å²) >= 11 is 1.84. The van der Waals surface area contributed by atoms with Gasteiger partial charge in [0.25, 0.3) is 0 Å². The molecule has 2 heterocycles. The number of nitrogens with zero attached hydrogens (tertiary/aromatic N) is 1. The van der Waals surface area contributed by atoms with Gasteiger partial charge in [0.1, 0.15) is 7.14 Å². The van der Waals surface area contributed by atoms with E-state index >= 15 is 0 Å². The van der Waals surface area contributed by atoms with Crippen LogP contribution in [0.4, 0.5) is 0 Å². The standard InChI is InChI=1S/C40H28NOPS/c42-43(32-13-5-2-6-14-32,27-28-11-3-1-4-12-28)33-25-23-30(24-26-33)29-19-21-31(22-20-29)39-38-35-16-8-10-18-37(35)44-40(38)34-15-7-9-17-36(34)41-39/h1-26H,27H2. The van der Waals surface area contributed by atoms with Gasteiger partial charge in [0.2, 0.25) is 0 Å². The second kappa shape index (κ2) is 11.0. The lowest BCUT2D eigenvalue weighted by Crippen LogP contribution is -2.17. The van der Waals surface area contributed by atoms with Gasteiger partial charge in [-0.25, -0.2) is 4.98 Å². The van der Waals surface area contributed by atoms with Gasteiger partial charge < -0.3 is 4.57 Å². The number of thiophene rings is 1. The fraction of sp³-hybridized carbons (Fsp3) is 0.0250. The lowest BCUT2D eigenvalue weighted by atomic mass is 9.99. The summed E-state index contributed by atoms with van der Waals surface area (Å²) in [5, 5.41) is 5.43. The number of hydrogen-bond acceptors (Lipinski definition) is 3. The molecule has 1 unspecified atom stereocenters. The van der Waals surface area contributed by atoms with Gasteiger partial charge in [-0.05, 0) is 28.8 Å². The minimum absolute atomic E-state index is 0.496. The molecular weight excluding hydrogens is 573 g/mol. The first-order chi connectivity index (χ1) is 21.7. The summed E-state index contributed by atoms with van der Waals surface area (Å²) in [4.78, 5) is 5.18. The number of rotatable bonds is 6. The van der Waals surface area contributed by atoms with Crippen molar-refractivity contribution in [3.8, 4) is 22.4 Å². The Hall–Kier alpha value is -4.82. The van der Waals surface area contributed by atoms with Gasteiger partial charge in [-0.2, -0.15) is 0 Å². The third kappa shape index (κ3) is 4.66. The Morgan fingerprint density at radius 2 is 1.07 bits per heavy atom. The van der Waals surface area contributed by atoms with Gasteiger partial charge in [-0.1, -0.05) is 146 Å². The average molecular weight is 602 g/mol. The van der Waals surface area contributed by atoms with E-state index in [9.17, 15) is 4.57 Å². The molecular formula is C40H28NOPS. The van der Waals surface area contributed by atoms with E-state index in [1.54, 1.807) is 0 Å². The Labute approximate surface area is 260 Å². The molecule has 6 aromatic carbocycles. The summed E-state index contributed by atoms with van der Waals surface area (Å²) in [6.45, 7) is 0. The van der Waals surface area contributed by atoms with Crippen LogP contribution in [0.25, 0.3) is 53.5 Å². The molecule has 0 N–H and O–H groups in total. The van der Waals surface area contributed by atoms with Crippen LogP contribution in [-0.2, 0) is 10.7 Å². The fourth-order valence-electron chi connectivity index (χ4n) is 6.17. The molecule has 0 bridgehead atoms. The lowest BCUT2D eigenvalue weighted by Gasteiger charge is -2.20. The largest absolute Gasteiger partial charge is 0.313 e. The molecule has 0 radical (unpaired) electrons. The van der Waals surface area contributed by atoms with Crippen LogP contribution < -0.4 is 10.6 Å². The molecule has 1 atom stereocenters. The maximum atomic E-state index is 14.7. The molecule has 2 aromatic heterocycles. The van der Waals surface area contributed by atoms with Crippen molar-refractivity contribution >= 4 is 60.2 Å². The first-order valence-electron chi connectivity index (χ1n) is 14.8. The summed E-state index contributed by atoms with van der Waals surface area (Å²) in [6.07, 6.45) is 0.496. The van der Waals surface area contributed by atoms with Gasteiger partial charge >= 0.3 is 0 Å². The molecule has 8 aromatic rings. The normalized spacial score (nSPS) is 12.9. The third-order valence-corrected chi connectivity index (χ3v) is 12.7. The third-order valence-electron chi connectivity index (χ3n) is 8.41. The predicted octanol–water partition coefficient (Wildman–Crippen LogP) is 10.5. The van der Waals surface area contributed by atoms with Crippen LogP contribution in [0.15, 0.2) is 158 Å². The van der Waals surface area contributed by atoms with Crippen molar-refractivity contribution in [3.05, 3.63) is 163 Å². The van der Waals surface area contributed by atoms with Gasteiger partial charge in [0, 0.05) is 47.9 Å². The second-order valence-electron chi connectivity index (χ2n) is 11.1. The van der Waals surface area contributed by atoms with Gasteiger partial charge in [-0.15, -0.1) is 11.3 Å². The quantitative estimate of drug-likeness (QED) is 0.178. The zero-order valence-corrected chi connectivity index (χ0v) is 25.6. The average Bonchev–Trinajstić information content (AvgIpc) is 3.49. The van der Waals surface area contributed by atoms with E-state index in [2.05, 4.69) is 97.1 Å². The zero-order valence-electron chi connectivity index (χ0n) is 23.9. The highest BCUT2D eigenvalue weighted by molar-refractivity contribution is 7.78. The Morgan fingerprint density at radius 3 is 1.80 bits per heavy atom. The van der Waals surface area contributed by atoms with Crippen LogP contribution in [0.3, 0.4) is 0 Å². The van der Waals surface area contributed by atoms with E-state index in [0.29, 0.717) is 6.16 Å². The van der Waals surface area contributed by atoms with Crippen LogP contribution >= 0.6 is 18.5 Å². The Balaban J connectivity index is 1.17. The molecule has 0 aliphatic rings. The minimum Gasteiger partial charge on any atom is -0.313 e. The molecule has 0 saturated heterocycles. The van der Waals surface area contributed by atoms with E-state index in [1.807, 2.05) is 72.0 Å². The van der Waals surface area contributed by atoms with Gasteiger partial charge in [0.15, 0.2) is 0 Å². The highest BCUT2D eigenvalue weighted by Crippen LogP contribution is 2.47. The van der Waals surface area contributed by atoms with Crippen molar-refractivity contribution in [3.63, 3.8) is 0 Å². The van der Waals surface area contributed by atoms with Crippen molar-refractivity contribution in [1.82, 2.24) is 4.98 Å². The van der Waals surface area contributed by atoms with Crippen molar-refractivity contribution in [2.45, 2.75) is 6.16 Å². The predicted molar refractivity (Wildman–Crippen MR) is 189 cm³/mol. The maximum Gasteiger partial charge on any atom is 0.147 e. The second-order valence-corrected chi connectivity index (χ2v) is 15.0. The van der Waals surface area contributed by atoms with Crippen molar-refractivity contribution in [2.24, 2.45) is 0 Å². The number of benzene rings is 6. The van der Waals surface area contributed by atoms with Crippen LogP contribution in [0.1, 0.15) is 5.56 Å². The Kier molecular flexibility index (Phi) is 6.71. The molecule has 0 aliphatic carbocycles. The highest BCUT2D eigenvalue weighted by atomic mass is 32.1. The highest BCUT2D eigenvalue weighted by Gasteiger charge is 2.27. The molecule has 8 rings (SSSR count). The summed E-state index contributed by atoms with van der Waals surface area (Å²) in [6, 6.07) is 54.1. The molecule has 210 valence electrons.